The van der Waals surface area contributed by atoms with Crippen LogP contribution >= 0.6 is 0 Å². The number of esters is 2. The van der Waals surface area contributed by atoms with Crippen molar-refractivity contribution in [1.82, 2.24) is 4.90 Å². The molecular formula is C40H62N2O12. The molecule has 304 valence electrons. The number of hydrogen-bond acceptors (Lipinski definition) is 14. The molecule has 14 heteroatoms. The monoisotopic (exact) mass is 762 g/mol. The third-order valence-electron chi connectivity index (χ3n) is 11.8. The number of nitrogens with zero attached hydrogens (tertiary/aromatic N) is 1. The van der Waals surface area contributed by atoms with Gasteiger partial charge in [-0.05, 0) is 66.6 Å². The van der Waals surface area contributed by atoms with Crippen molar-refractivity contribution in [2.75, 3.05) is 21.2 Å². The van der Waals surface area contributed by atoms with E-state index < -0.39 is 95.8 Å². The fourth-order valence-corrected chi connectivity index (χ4v) is 8.60. The number of likely N-dealkylation sites (N-methyl/N-ethyl adjacent to an activating group) is 1. The van der Waals surface area contributed by atoms with Crippen LogP contribution in [-0.4, -0.2) is 115 Å². The molecule has 3 heterocycles. The van der Waals surface area contributed by atoms with Gasteiger partial charge >= 0.3 is 18.1 Å². The van der Waals surface area contributed by atoms with Gasteiger partial charge in [-0.3, -0.25) is 14.4 Å². The molecule has 3 aliphatic rings. The Balaban J connectivity index is 1.83. The van der Waals surface area contributed by atoms with Crippen molar-refractivity contribution in [2.24, 2.45) is 29.4 Å². The van der Waals surface area contributed by atoms with Crippen LogP contribution < -0.4 is 5.73 Å². The molecule has 0 aliphatic carbocycles. The van der Waals surface area contributed by atoms with E-state index in [9.17, 15) is 24.3 Å². The summed E-state index contributed by atoms with van der Waals surface area (Å²) in [6, 6.07) is 8.13. The maximum Gasteiger partial charge on any atom is 0.509 e. The smallest absolute Gasteiger partial charge is 0.461 e. The minimum atomic E-state index is -1.50. The lowest BCUT2D eigenvalue weighted by Gasteiger charge is -2.48. The van der Waals surface area contributed by atoms with Gasteiger partial charge in [0.25, 0.3) is 0 Å². The quantitative estimate of drug-likeness (QED) is 0.268. The van der Waals surface area contributed by atoms with Gasteiger partial charge < -0.3 is 48.9 Å². The Morgan fingerprint density at radius 3 is 2.28 bits per heavy atom. The molecule has 3 aliphatic heterocycles. The Morgan fingerprint density at radius 1 is 1.04 bits per heavy atom. The van der Waals surface area contributed by atoms with Crippen LogP contribution in [0, 0.1) is 23.7 Å². The SMILES string of the molecule is CC[C@@H]1OC(=O)[C@H](C)[C@H](OC(=O)CC(N)c2ccccc2)[C@H](C)[C@@H](O[C@@H]2O[C@H](C)C[C@H](N(C)C)[C@H]2O)[C@@](C)(OC)C[C@@H](C)C(=O)[C@@H](C)[C@H]2OC(=O)O[C@]12C. The Bertz CT molecular complexity index is 1460. The number of hydrogen-bond donors (Lipinski definition) is 2. The first-order chi connectivity index (χ1) is 25.3. The van der Waals surface area contributed by atoms with Crippen molar-refractivity contribution in [3.8, 4) is 0 Å². The third kappa shape index (κ3) is 9.27. The minimum absolute atomic E-state index is 0.102. The molecule has 0 amide bonds. The van der Waals surface area contributed by atoms with Gasteiger partial charge in [0, 0.05) is 31.0 Å². The summed E-state index contributed by atoms with van der Waals surface area (Å²) < 4.78 is 42.9. The van der Waals surface area contributed by atoms with Crippen molar-refractivity contribution in [3.63, 3.8) is 0 Å². The molecule has 3 saturated heterocycles. The lowest BCUT2D eigenvalue weighted by molar-refractivity contribution is -0.301. The van der Waals surface area contributed by atoms with Gasteiger partial charge in [-0.2, -0.15) is 0 Å². The van der Waals surface area contributed by atoms with E-state index in [1.807, 2.05) is 56.3 Å². The van der Waals surface area contributed by atoms with Crippen LogP contribution in [-0.2, 0) is 47.5 Å². The van der Waals surface area contributed by atoms with Crippen LogP contribution in [0.25, 0.3) is 0 Å². The molecule has 4 rings (SSSR count). The Morgan fingerprint density at radius 2 is 1.69 bits per heavy atom. The number of aliphatic hydroxyl groups is 1. The Kier molecular flexibility index (Phi) is 14.3. The number of fused-ring (bicyclic) bond motifs is 1. The molecule has 0 spiro atoms. The van der Waals surface area contributed by atoms with Crippen LogP contribution in [0.15, 0.2) is 30.3 Å². The first kappa shape index (κ1) is 43.6. The van der Waals surface area contributed by atoms with Crippen molar-refractivity contribution >= 4 is 23.9 Å². The first-order valence-corrected chi connectivity index (χ1v) is 19.1. The van der Waals surface area contributed by atoms with Gasteiger partial charge in [-0.1, -0.05) is 58.0 Å². The van der Waals surface area contributed by atoms with Crippen LogP contribution in [0.4, 0.5) is 4.79 Å². The molecule has 3 fully saturated rings. The molecule has 1 unspecified atom stereocenters. The van der Waals surface area contributed by atoms with Crippen molar-refractivity contribution < 1.29 is 57.4 Å². The van der Waals surface area contributed by atoms with Gasteiger partial charge in [0.2, 0.25) is 0 Å². The summed E-state index contributed by atoms with van der Waals surface area (Å²) in [7, 11) is 5.22. The van der Waals surface area contributed by atoms with E-state index in [1.165, 1.54) is 7.11 Å². The largest absolute Gasteiger partial charge is 0.509 e. The molecular weight excluding hydrogens is 700 g/mol. The number of ether oxygens (including phenoxy) is 7. The van der Waals surface area contributed by atoms with Gasteiger partial charge in [0.1, 0.15) is 24.1 Å². The highest BCUT2D eigenvalue weighted by Gasteiger charge is 2.59. The first-order valence-electron chi connectivity index (χ1n) is 19.1. The zero-order valence-electron chi connectivity index (χ0n) is 33.7. The second-order valence-corrected chi connectivity index (χ2v) is 16.2. The summed E-state index contributed by atoms with van der Waals surface area (Å²) in [5, 5.41) is 11.6. The van der Waals surface area contributed by atoms with E-state index in [-0.39, 0.29) is 37.2 Å². The summed E-state index contributed by atoms with van der Waals surface area (Å²) in [4.78, 5) is 56.9. The van der Waals surface area contributed by atoms with Crippen LogP contribution in [0.1, 0.15) is 92.7 Å². The maximum absolute atomic E-state index is 14.3. The van der Waals surface area contributed by atoms with E-state index in [4.69, 9.17) is 38.9 Å². The predicted molar refractivity (Wildman–Crippen MR) is 197 cm³/mol. The number of rotatable bonds is 9. The zero-order chi connectivity index (χ0) is 40.3. The molecule has 0 saturated carbocycles. The number of carbonyl (C=O) groups excluding carboxylic acids is 4. The fraction of sp³-hybridized carbons (Fsp3) is 0.750. The summed E-state index contributed by atoms with van der Waals surface area (Å²) >= 11 is 0. The van der Waals surface area contributed by atoms with Gasteiger partial charge in [-0.25, -0.2) is 4.79 Å². The van der Waals surface area contributed by atoms with Crippen LogP contribution in [0.3, 0.4) is 0 Å². The predicted octanol–water partition coefficient (Wildman–Crippen LogP) is 4.34. The van der Waals surface area contributed by atoms with Crippen molar-refractivity contribution in [1.29, 1.82) is 0 Å². The summed E-state index contributed by atoms with van der Waals surface area (Å²) in [5.41, 5.74) is 4.38. The highest BCUT2D eigenvalue weighted by molar-refractivity contribution is 5.84. The minimum Gasteiger partial charge on any atom is -0.461 e. The number of nitrogens with two attached hydrogens (primary N) is 1. The lowest BCUT2D eigenvalue weighted by Crippen LogP contribution is -2.60. The molecule has 0 bridgehead atoms. The van der Waals surface area contributed by atoms with Gasteiger partial charge in [0.05, 0.1) is 36.1 Å². The summed E-state index contributed by atoms with van der Waals surface area (Å²) in [6.07, 6.45) is -7.09. The second kappa shape index (κ2) is 17.8. The normalized spacial score (nSPS) is 40.1. The average molecular weight is 763 g/mol. The third-order valence-corrected chi connectivity index (χ3v) is 11.8. The molecule has 1 aromatic carbocycles. The highest BCUT2D eigenvalue weighted by atomic mass is 16.8. The van der Waals surface area contributed by atoms with Gasteiger partial charge in [0.15, 0.2) is 18.0 Å². The second-order valence-electron chi connectivity index (χ2n) is 16.2. The van der Waals surface area contributed by atoms with E-state index in [0.29, 0.717) is 6.42 Å². The molecule has 0 aromatic heterocycles. The number of Topliss-reactive ketones (excluding diaryl/α,β-unsaturated/α-hetero) is 1. The van der Waals surface area contributed by atoms with E-state index in [1.54, 1.807) is 48.5 Å². The fourth-order valence-electron chi connectivity index (χ4n) is 8.60. The van der Waals surface area contributed by atoms with E-state index in [0.717, 1.165) is 5.56 Å². The molecule has 1 aromatic rings. The summed E-state index contributed by atoms with van der Waals surface area (Å²) in [5.74, 6) is -5.08. The van der Waals surface area contributed by atoms with Gasteiger partial charge in [-0.15, -0.1) is 0 Å². The number of cyclic esters (lactones) is 1. The summed E-state index contributed by atoms with van der Waals surface area (Å²) in [6.45, 7) is 13.8. The molecule has 15 atom stereocenters. The Hall–Kier alpha value is -3.14. The topological polar surface area (TPSA) is 182 Å². The molecule has 3 N–H and O–H groups in total. The molecule has 54 heavy (non-hydrogen) atoms. The maximum atomic E-state index is 14.3. The number of benzene rings is 1. The average Bonchev–Trinajstić information content (AvgIpc) is 3.45. The van der Waals surface area contributed by atoms with Crippen molar-refractivity contribution in [2.45, 2.75) is 147 Å². The van der Waals surface area contributed by atoms with E-state index in [2.05, 4.69) is 0 Å². The zero-order valence-corrected chi connectivity index (χ0v) is 33.7. The Labute approximate surface area is 319 Å². The lowest BCUT2D eigenvalue weighted by atomic mass is 9.74. The standard InChI is InChI=1S/C40H62N2O12/c1-12-29-40(8)35(53-38(47)54-40)23(4)31(44)21(2)20-39(7,48-11)34(52-37-32(45)28(42(9)10)18-22(3)49-37)24(5)33(25(6)36(46)50-29)51-30(43)19-27(41)26-16-14-13-15-17-26/h13-17,21-25,27-29,32-35,37,45H,12,18-20,41H2,1-11H3/t21-,22-,23-,24+,25-,27?,28+,29+,32-,33-,34-,35-,37+,39+,40-/m1/s1. The number of carbonyl (C=O) groups is 4. The molecule has 14 nitrogen and oxygen atoms in total. The van der Waals surface area contributed by atoms with Crippen LogP contribution in [0.2, 0.25) is 0 Å². The number of ketones is 1. The number of methoxy groups -OCH3 is 1. The number of aliphatic hydroxyl groups excluding tert-OH is 1. The van der Waals surface area contributed by atoms with Crippen LogP contribution in [0.5, 0.6) is 0 Å². The highest BCUT2D eigenvalue weighted by Crippen LogP contribution is 2.43. The van der Waals surface area contributed by atoms with Crippen molar-refractivity contribution in [3.05, 3.63) is 35.9 Å². The van der Waals surface area contributed by atoms with E-state index >= 15 is 0 Å². The molecule has 0 radical (unpaired) electrons.